The first kappa shape index (κ1) is 71.8. The quantitative estimate of drug-likeness (QED) is 0.121. The van der Waals surface area contributed by atoms with Gasteiger partial charge in [-0.15, -0.1) is 22.7 Å². The van der Waals surface area contributed by atoms with Crippen LogP contribution in [0.3, 0.4) is 0 Å². The minimum Gasteiger partial charge on any atom is -0.310 e. The Kier molecular flexibility index (Phi) is 17.0. The summed E-state index contributed by atoms with van der Waals surface area (Å²) in [7, 11) is 0. The molecule has 0 fully saturated rings. The SMILES string of the molecule is C1=CC(c2ccc3c4ccccc4c4ccccc4c3c2)CC=C1n1c2ccccc2c2cc(-c3cc(-c4ccccc4)cc4c3sc3c(-c5ccccc5)cc(-c5ccccc5)cc34)ccc21.C1=CC(c2ccc3c4ccccc4c4ccccc4c3c2)CC=C1n1c2ccccc2c2cc(-c3cccc4c3sc3c(-c5ccccc5)cccc34)ccc21. The van der Waals surface area contributed by atoms with E-state index in [9.17, 15) is 0 Å². The second-order valence-electron chi connectivity index (χ2n) is 33.5. The van der Waals surface area contributed by atoms with E-state index in [-0.39, 0.29) is 0 Å². The summed E-state index contributed by atoms with van der Waals surface area (Å²) < 4.78 is 10.3. The maximum Gasteiger partial charge on any atom is 0.0541 e. The van der Waals surface area contributed by atoms with Gasteiger partial charge in [0.15, 0.2) is 0 Å². The number of hydrogen-bond acceptors (Lipinski definition) is 2. The molecule has 20 aromatic carbocycles. The van der Waals surface area contributed by atoms with Crippen LogP contribution in [0.15, 0.2) is 437 Å². The van der Waals surface area contributed by atoms with Crippen LogP contribution in [0.1, 0.15) is 35.8 Å². The summed E-state index contributed by atoms with van der Waals surface area (Å²) in [5.74, 6) is 0.608. The number of nitrogens with zero attached hydrogens (tertiary/aromatic N) is 2. The van der Waals surface area contributed by atoms with Crippen LogP contribution in [0.4, 0.5) is 0 Å². The summed E-state index contributed by atoms with van der Waals surface area (Å²) in [6.07, 6.45) is 16.3. The molecule has 0 saturated heterocycles. The van der Waals surface area contributed by atoms with Gasteiger partial charge in [-0.1, -0.05) is 352 Å². The number of fused-ring (bicyclic) bond motifs is 24. The summed E-state index contributed by atoms with van der Waals surface area (Å²) in [4.78, 5) is 0. The molecule has 0 bridgehead atoms. The zero-order valence-electron chi connectivity index (χ0n) is 67.8. The topological polar surface area (TPSA) is 9.86 Å². The molecule has 580 valence electrons. The highest BCUT2D eigenvalue weighted by Gasteiger charge is 2.26. The van der Waals surface area contributed by atoms with Crippen molar-refractivity contribution in [3.63, 3.8) is 0 Å². The summed E-state index contributed by atoms with van der Waals surface area (Å²) >= 11 is 3.84. The maximum absolute atomic E-state index is 2.48. The molecule has 4 heteroatoms. The number of aromatic nitrogens is 2. The van der Waals surface area contributed by atoms with E-state index in [2.05, 4.69) is 446 Å². The lowest BCUT2D eigenvalue weighted by atomic mass is 9.87. The van der Waals surface area contributed by atoms with Crippen LogP contribution in [0.25, 0.3) is 227 Å². The summed E-state index contributed by atoms with van der Waals surface area (Å²) in [6.45, 7) is 0. The van der Waals surface area contributed by atoms with Gasteiger partial charge >= 0.3 is 0 Å². The molecule has 4 aromatic heterocycles. The molecule has 0 spiro atoms. The number of thiophene rings is 2. The molecule has 2 nitrogen and oxygen atoms in total. The van der Waals surface area contributed by atoms with E-state index in [1.165, 1.54) is 238 Å². The molecule has 24 aromatic rings. The highest BCUT2D eigenvalue weighted by molar-refractivity contribution is 7.27. The Hall–Kier alpha value is -15.0. The van der Waals surface area contributed by atoms with Crippen LogP contribution in [0.2, 0.25) is 0 Å². The fraction of sp³-hybridized carbons (Fsp3) is 0.0333. The first-order chi connectivity index (χ1) is 61.5. The van der Waals surface area contributed by atoms with Gasteiger partial charge in [0.05, 0.1) is 22.1 Å². The van der Waals surface area contributed by atoms with E-state index in [1.807, 2.05) is 22.7 Å². The summed E-state index contributed by atoms with van der Waals surface area (Å²) in [6, 6.07) is 148. The zero-order chi connectivity index (χ0) is 81.5. The predicted molar refractivity (Wildman–Crippen MR) is 537 cm³/mol. The van der Waals surface area contributed by atoms with Crippen LogP contribution in [-0.4, -0.2) is 9.13 Å². The molecule has 124 heavy (non-hydrogen) atoms. The normalized spacial score (nSPS) is 14.3. The second-order valence-corrected chi connectivity index (χ2v) is 35.5. The molecule has 0 radical (unpaired) electrons. The minimum atomic E-state index is 0.292. The molecular formula is C120H78N2S2. The Bertz CT molecular complexity index is 8600. The van der Waals surface area contributed by atoms with Gasteiger partial charge in [-0.25, -0.2) is 0 Å². The third-order valence-electron chi connectivity index (χ3n) is 26.6. The molecule has 0 N–H and O–H groups in total. The minimum absolute atomic E-state index is 0.292. The fourth-order valence-electron chi connectivity index (χ4n) is 20.7. The molecule has 2 aliphatic carbocycles. The van der Waals surface area contributed by atoms with E-state index in [1.54, 1.807) is 0 Å². The number of hydrogen-bond donors (Lipinski definition) is 0. The molecule has 4 heterocycles. The monoisotopic (exact) mass is 1610 g/mol. The number of rotatable bonds is 10. The molecule has 26 rings (SSSR count). The Morgan fingerprint density at radius 1 is 0.185 bits per heavy atom. The standard InChI is InChI=1S/C66H43NS.C54H35NS/c1-4-16-42(17-5-1)48-38-57(45-20-8-3-9-21-45)65-61(40-48)62-41-49(43-18-6-2-7-19-43)39-58(66(62)68-65)47-31-35-64-60(37-47)56-26-14-15-27-63(56)67(64)50-32-28-44(29-33-50)46-30-34-55-53-24-11-10-22-51(53)52-23-12-13-25-54(52)59(55)36-46;1-2-12-35(13-3-1)39-19-10-21-47-48-22-11-20-40(54(48)56-53(39)47)37-27-31-52-50(33-37)46-18-8-9-23-51(46)55(52)38-28-24-34(25-29-38)36-26-30-45-43-16-5-4-14-41(43)42-15-6-7-17-44(42)49(45)32-36/h1-28,30-41,44H,29H2;1-24,26-34H,25H2. The lowest BCUT2D eigenvalue weighted by molar-refractivity contribution is 0.852. The lowest BCUT2D eigenvalue weighted by Crippen LogP contribution is -2.03. The summed E-state index contributed by atoms with van der Waals surface area (Å²) in [5.41, 5.74) is 25.1. The van der Waals surface area contributed by atoms with Crippen molar-refractivity contribution in [2.24, 2.45) is 0 Å². The molecule has 0 amide bonds. The largest absolute Gasteiger partial charge is 0.310 e. The molecule has 2 unspecified atom stereocenters. The molecule has 2 atom stereocenters. The van der Waals surface area contributed by atoms with Crippen LogP contribution in [0, 0.1) is 0 Å². The first-order valence-corrected chi connectivity index (χ1v) is 44.8. The predicted octanol–water partition coefficient (Wildman–Crippen LogP) is 34.4. The van der Waals surface area contributed by atoms with E-state index in [0.29, 0.717) is 11.8 Å². The number of benzene rings is 20. The molecule has 0 saturated carbocycles. The third kappa shape index (κ3) is 11.8. The average molecular weight is 1610 g/mol. The van der Waals surface area contributed by atoms with Crippen LogP contribution < -0.4 is 0 Å². The Labute approximate surface area is 725 Å². The van der Waals surface area contributed by atoms with Crippen molar-refractivity contribution < 1.29 is 0 Å². The zero-order valence-corrected chi connectivity index (χ0v) is 69.5. The van der Waals surface area contributed by atoms with E-state index in [0.717, 1.165) is 12.8 Å². The first-order valence-electron chi connectivity index (χ1n) is 43.2. The Morgan fingerprint density at radius 2 is 0.484 bits per heavy atom. The smallest absolute Gasteiger partial charge is 0.0541 e. The molecular weight excluding hydrogens is 1530 g/mol. The van der Waals surface area contributed by atoms with Crippen LogP contribution in [-0.2, 0) is 0 Å². The Morgan fingerprint density at radius 3 is 0.879 bits per heavy atom. The average Bonchev–Trinajstić information content (AvgIpc) is 1.20. The number of allylic oxidation sites excluding steroid dienone is 8. The van der Waals surface area contributed by atoms with Crippen molar-refractivity contribution >= 4 is 183 Å². The maximum atomic E-state index is 2.48. The van der Waals surface area contributed by atoms with Crippen molar-refractivity contribution in [2.45, 2.75) is 24.7 Å². The van der Waals surface area contributed by atoms with Gasteiger partial charge < -0.3 is 9.13 Å². The van der Waals surface area contributed by atoms with Gasteiger partial charge in [-0.3, -0.25) is 0 Å². The van der Waals surface area contributed by atoms with Gasteiger partial charge in [-0.05, 0) is 229 Å². The Balaban J connectivity index is 0.000000138. The van der Waals surface area contributed by atoms with Gasteiger partial charge in [0, 0.05) is 96.2 Å². The lowest BCUT2D eigenvalue weighted by Gasteiger charge is -2.20. The second kappa shape index (κ2) is 29.4. The number of para-hydroxylation sites is 2. The highest BCUT2D eigenvalue weighted by Crippen LogP contribution is 2.52. The van der Waals surface area contributed by atoms with Crippen molar-refractivity contribution in [3.05, 3.63) is 448 Å². The van der Waals surface area contributed by atoms with Crippen molar-refractivity contribution in [1.82, 2.24) is 9.13 Å². The molecule has 2 aliphatic rings. The van der Waals surface area contributed by atoms with Gasteiger partial charge in [-0.2, -0.15) is 0 Å². The van der Waals surface area contributed by atoms with E-state index < -0.39 is 0 Å². The van der Waals surface area contributed by atoms with Crippen molar-refractivity contribution in [3.8, 4) is 66.8 Å². The molecule has 0 aliphatic heterocycles. The van der Waals surface area contributed by atoms with Gasteiger partial charge in [0.1, 0.15) is 0 Å². The van der Waals surface area contributed by atoms with Crippen molar-refractivity contribution in [1.29, 1.82) is 0 Å². The fourth-order valence-corrected chi connectivity index (χ4v) is 23.4. The van der Waals surface area contributed by atoms with Crippen LogP contribution >= 0.6 is 22.7 Å². The highest BCUT2D eigenvalue weighted by atomic mass is 32.1. The van der Waals surface area contributed by atoms with Crippen LogP contribution in [0.5, 0.6) is 0 Å². The van der Waals surface area contributed by atoms with E-state index >= 15 is 0 Å². The third-order valence-corrected chi connectivity index (χ3v) is 29.2. The van der Waals surface area contributed by atoms with Gasteiger partial charge in [0.2, 0.25) is 0 Å². The van der Waals surface area contributed by atoms with Crippen molar-refractivity contribution in [2.75, 3.05) is 0 Å². The van der Waals surface area contributed by atoms with Gasteiger partial charge in [0.25, 0.3) is 0 Å². The summed E-state index contributed by atoms with van der Waals surface area (Å²) in [5, 5.41) is 26.2. The van der Waals surface area contributed by atoms with E-state index in [4.69, 9.17) is 0 Å².